The fourth-order valence-corrected chi connectivity index (χ4v) is 10.6. The molecule has 326 valence electrons. The summed E-state index contributed by atoms with van der Waals surface area (Å²) in [6, 6.07) is 75.8. The lowest BCUT2D eigenvalue weighted by atomic mass is 9.97. The lowest BCUT2D eigenvalue weighted by Gasteiger charge is -2.10. The van der Waals surface area contributed by atoms with Crippen molar-refractivity contribution in [3.05, 3.63) is 218 Å². The highest BCUT2D eigenvalue weighted by Gasteiger charge is 2.22. The van der Waals surface area contributed by atoms with Crippen molar-refractivity contribution in [2.75, 3.05) is 0 Å². The second kappa shape index (κ2) is 15.0. The maximum Gasteiger partial charge on any atom is 0.164 e. The third-order valence-electron chi connectivity index (χ3n) is 13.9. The molecule has 5 heterocycles. The Morgan fingerprint density at radius 1 is 0.271 bits per heavy atom. The highest BCUT2D eigenvalue weighted by atomic mass is 16.3. The summed E-state index contributed by atoms with van der Waals surface area (Å²) >= 11 is 0. The maximum absolute atomic E-state index is 6.62. The summed E-state index contributed by atoms with van der Waals surface area (Å²) < 4.78 is 21.9. The van der Waals surface area contributed by atoms with Gasteiger partial charge >= 0.3 is 0 Å². The van der Waals surface area contributed by atoms with Crippen LogP contribution in [0.1, 0.15) is 0 Å². The Kier molecular flexibility index (Phi) is 8.23. The highest BCUT2D eigenvalue weighted by Crippen LogP contribution is 2.43. The summed E-state index contributed by atoms with van der Waals surface area (Å²) in [5.74, 6) is 1.67. The van der Waals surface area contributed by atoms with Crippen LogP contribution in [0.2, 0.25) is 0 Å². The number of rotatable bonds is 6. The Labute approximate surface area is 399 Å². The van der Waals surface area contributed by atoms with E-state index in [2.05, 4.69) is 156 Å². The third-order valence-corrected chi connectivity index (χ3v) is 13.9. The Bertz CT molecular complexity index is 4600. The number of benzene rings is 10. The van der Waals surface area contributed by atoms with Gasteiger partial charge in [-0.05, 0) is 101 Å². The molecule has 0 atom stereocenters. The standard InChI is InChI=1S/C63H36N4O3/c1-3-13-37(14-4-1)39-26-30-52-48(33-39)44-17-7-9-21-51(44)67(52)42-28-32-55-50(36-42)59-43(19-11-23-56(59)69-55)40-27-31-54-49(34-40)60-47(20-12-24-57(60)68-54)63-65-61(38-15-5-2-6-16-38)64-62(66-63)41-25-29-46-45-18-8-10-22-53(45)70-58(46)35-41/h1-36H. The van der Waals surface area contributed by atoms with Crippen LogP contribution in [0.15, 0.2) is 232 Å². The van der Waals surface area contributed by atoms with Crippen molar-refractivity contribution < 1.29 is 13.3 Å². The van der Waals surface area contributed by atoms with Gasteiger partial charge in [-0.15, -0.1) is 0 Å². The molecule has 7 nitrogen and oxygen atoms in total. The number of fused-ring (bicyclic) bond motifs is 12. The monoisotopic (exact) mass is 896 g/mol. The second-order valence-corrected chi connectivity index (χ2v) is 17.9. The van der Waals surface area contributed by atoms with Crippen LogP contribution >= 0.6 is 0 Å². The maximum atomic E-state index is 6.62. The molecule has 5 aromatic heterocycles. The molecule has 15 rings (SSSR count). The van der Waals surface area contributed by atoms with Gasteiger partial charge in [-0.1, -0.05) is 140 Å². The minimum absolute atomic E-state index is 0.545. The zero-order valence-corrected chi connectivity index (χ0v) is 37.3. The largest absolute Gasteiger partial charge is 0.456 e. The predicted octanol–water partition coefficient (Wildman–Crippen LogP) is 17.0. The van der Waals surface area contributed by atoms with E-state index in [1.165, 1.54) is 21.9 Å². The molecule has 0 saturated carbocycles. The van der Waals surface area contributed by atoms with E-state index in [9.17, 15) is 0 Å². The molecule has 0 unspecified atom stereocenters. The first kappa shape index (κ1) is 38.5. The van der Waals surface area contributed by atoms with Crippen molar-refractivity contribution in [2.45, 2.75) is 0 Å². The van der Waals surface area contributed by atoms with Gasteiger partial charge in [0.25, 0.3) is 0 Å². The number of nitrogens with zero attached hydrogens (tertiary/aromatic N) is 4. The molecule has 70 heavy (non-hydrogen) atoms. The zero-order valence-electron chi connectivity index (χ0n) is 37.3. The van der Waals surface area contributed by atoms with Crippen LogP contribution in [0.4, 0.5) is 0 Å². The van der Waals surface area contributed by atoms with Gasteiger partial charge in [-0.2, -0.15) is 0 Å². The molecule has 0 aliphatic carbocycles. The van der Waals surface area contributed by atoms with Crippen LogP contribution in [0, 0.1) is 0 Å². The fraction of sp³-hybridized carbons (Fsp3) is 0. The summed E-state index contributed by atoms with van der Waals surface area (Å²) in [4.78, 5) is 15.4. The second-order valence-electron chi connectivity index (χ2n) is 17.9. The van der Waals surface area contributed by atoms with E-state index in [0.29, 0.717) is 17.5 Å². The van der Waals surface area contributed by atoms with Crippen molar-refractivity contribution in [3.63, 3.8) is 0 Å². The fourth-order valence-electron chi connectivity index (χ4n) is 10.6. The third kappa shape index (κ3) is 5.91. The SMILES string of the molecule is c1ccc(-c2ccc3c(c2)c2ccccc2n3-c2ccc3oc4cccc(-c5ccc6oc7cccc(-c8nc(-c9ccccc9)nc(-c9ccc%10c(c9)oc9ccccc9%10)n8)c7c6c5)c4c3c2)cc1. The normalized spacial score (nSPS) is 12.0. The van der Waals surface area contributed by atoms with Crippen molar-refractivity contribution in [3.8, 4) is 62.1 Å². The van der Waals surface area contributed by atoms with Crippen molar-refractivity contribution >= 4 is 87.6 Å². The number of hydrogen-bond acceptors (Lipinski definition) is 6. The average molecular weight is 897 g/mol. The molecule has 7 heteroatoms. The van der Waals surface area contributed by atoms with E-state index < -0.39 is 0 Å². The van der Waals surface area contributed by atoms with Crippen LogP contribution in [-0.2, 0) is 0 Å². The van der Waals surface area contributed by atoms with Gasteiger partial charge in [-0.3, -0.25) is 0 Å². The highest BCUT2D eigenvalue weighted by molar-refractivity contribution is 6.17. The summed E-state index contributed by atoms with van der Waals surface area (Å²) in [5.41, 5.74) is 15.2. The molecular weight excluding hydrogens is 861 g/mol. The molecule has 0 N–H and O–H groups in total. The Hall–Kier alpha value is -9.59. The average Bonchev–Trinajstić information content (AvgIpc) is 4.19. The molecule has 0 bridgehead atoms. The zero-order chi connectivity index (χ0) is 45.9. The van der Waals surface area contributed by atoms with E-state index in [1.807, 2.05) is 66.7 Å². The van der Waals surface area contributed by atoms with E-state index >= 15 is 0 Å². The first-order chi connectivity index (χ1) is 34.7. The van der Waals surface area contributed by atoms with Crippen LogP contribution in [-0.4, -0.2) is 19.5 Å². The van der Waals surface area contributed by atoms with Crippen LogP contribution < -0.4 is 0 Å². The quantitative estimate of drug-likeness (QED) is 0.165. The number of para-hydroxylation sites is 2. The van der Waals surface area contributed by atoms with Crippen LogP contribution in [0.3, 0.4) is 0 Å². The van der Waals surface area contributed by atoms with E-state index in [4.69, 9.17) is 28.2 Å². The molecule has 0 amide bonds. The molecule has 15 aromatic rings. The molecule has 0 radical (unpaired) electrons. The van der Waals surface area contributed by atoms with Crippen LogP contribution in [0.5, 0.6) is 0 Å². The van der Waals surface area contributed by atoms with Crippen molar-refractivity contribution in [2.24, 2.45) is 0 Å². The molecule has 0 saturated heterocycles. The van der Waals surface area contributed by atoms with Crippen molar-refractivity contribution in [1.82, 2.24) is 19.5 Å². The first-order valence-electron chi connectivity index (χ1n) is 23.4. The van der Waals surface area contributed by atoms with Gasteiger partial charge in [0.15, 0.2) is 17.5 Å². The minimum Gasteiger partial charge on any atom is -0.456 e. The van der Waals surface area contributed by atoms with Crippen LogP contribution in [0.25, 0.3) is 150 Å². The lowest BCUT2D eigenvalue weighted by molar-refractivity contribution is 0.668. The van der Waals surface area contributed by atoms with Gasteiger partial charge in [0, 0.05) is 65.5 Å². The topological polar surface area (TPSA) is 83.0 Å². The Balaban J connectivity index is 0.892. The molecule has 0 fully saturated rings. The summed E-state index contributed by atoms with van der Waals surface area (Å²) in [5, 5.41) is 8.52. The molecule has 10 aromatic carbocycles. The summed E-state index contributed by atoms with van der Waals surface area (Å²) in [7, 11) is 0. The van der Waals surface area contributed by atoms with Gasteiger partial charge in [-0.25, -0.2) is 15.0 Å². The Morgan fingerprint density at radius 3 is 1.63 bits per heavy atom. The van der Waals surface area contributed by atoms with Gasteiger partial charge in [0.2, 0.25) is 0 Å². The summed E-state index contributed by atoms with van der Waals surface area (Å²) in [6.07, 6.45) is 0. The molecule has 0 aliphatic heterocycles. The van der Waals surface area contributed by atoms with Crippen molar-refractivity contribution in [1.29, 1.82) is 0 Å². The molecule has 0 spiro atoms. The van der Waals surface area contributed by atoms with E-state index in [0.717, 1.165) is 110 Å². The number of furan rings is 3. The van der Waals surface area contributed by atoms with E-state index in [1.54, 1.807) is 0 Å². The first-order valence-corrected chi connectivity index (χ1v) is 23.4. The van der Waals surface area contributed by atoms with Gasteiger partial charge < -0.3 is 17.8 Å². The Morgan fingerprint density at radius 2 is 0.814 bits per heavy atom. The molecular formula is C63H36N4O3. The predicted molar refractivity (Wildman–Crippen MR) is 283 cm³/mol. The van der Waals surface area contributed by atoms with E-state index in [-0.39, 0.29) is 0 Å². The summed E-state index contributed by atoms with van der Waals surface area (Å²) in [6.45, 7) is 0. The number of hydrogen-bond donors (Lipinski definition) is 0. The molecule has 0 aliphatic rings. The smallest absolute Gasteiger partial charge is 0.164 e. The van der Waals surface area contributed by atoms with Gasteiger partial charge in [0.05, 0.1) is 11.0 Å². The number of aromatic nitrogens is 4. The lowest BCUT2D eigenvalue weighted by Crippen LogP contribution is -2.00. The van der Waals surface area contributed by atoms with Gasteiger partial charge in [0.1, 0.15) is 33.5 Å². The minimum atomic E-state index is 0.545.